The minimum absolute atomic E-state index is 0.119. The van der Waals surface area contributed by atoms with Gasteiger partial charge in [-0.25, -0.2) is 9.37 Å². The van der Waals surface area contributed by atoms with E-state index >= 15 is 0 Å². The second kappa shape index (κ2) is 5.80. The normalized spacial score (nSPS) is 10.8. The number of benzene rings is 1. The van der Waals surface area contributed by atoms with E-state index in [4.69, 9.17) is 0 Å². The van der Waals surface area contributed by atoms with E-state index in [-0.39, 0.29) is 11.4 Å². The van der Waals surface area contributed by atoms with Crippen molar-refractivity contribution in [3.8, 4) is 0 Å². The Morgan fingerprint density at radius 1 is 1.24 bits per heavy atom. The molecule has 0 bridgehead atoms. The van der Waals surface area contributed by atoms with Gasteiger partial charge in [-0.2, -0.15) is 0 Å². The molecule has 2 heterocycles. The van der Waals surface area contributed by atoms with Gasteiger partial charge in [0.05, 0.1) is 12.2 Å². The molecule has 0 aliphatic carbocycles. The first kappa shape index (κ1) is 14.0. The molecule has 0 amide bonds. The molecule has 2 aromatic heterocycles. The molecule has 0 atom stereocenters. The number of nitrogens with zero attached hydrogens (tertiary/aromatic N) is 2. The van der Waals surface area contributed by atoms with Crippen molar-refractivity contribution in [2.24, 2.45) is 0 Å². The predicted octanol–water partition coefficient (Wildman–Crippen LogP) is 3.05. The van der Waals surface area contributed by atoms with Crippen molar-refractivity contribution >= 4 is 33.9 Å². The maximum Gasteiger partial charge on any atom is 0.258 e. The van der Waals surface area contributed by atoms with Crippen molar-refractivity contribution in [3.05, 3.63) is 74.1 Å². The lowest BCUT2D eigenvalue weighted by Gasteiger charge is -2.09. The molecule has 4 nitrogen and oxygen atoms in total. The summed E-state index contributed by atoms with van der Waals surface area (Å²) < 4.78 is 15.3. The van der Waals surface area contributed by atoms with Crippen molar-refractivity contribution in [1.29, 1.82) is 0 Å². The van der Waals surface area contributed by atoms with Crippen LogP contribution in [0.4, 0.5) is 10.1 Å². The summed E-state index contributed by atoms with van der Waals surface area (Å²) in [6.07, 6.45) is 1.69. The Bertz CT molecular complexity index is 863. The monoisotopic (exact) mass is 395 g/mol. The number of hydrogen-bond acceptors (Lipinski definition) is 3. The lowest BCUT2D eigenvalue weighted by molar-refractivity contribution is 0.627. The molecule has 3 aromatic rings. The largest absolute Gasteiger partial charge is 0.379 e. The number of hydrogen-bond donors (Lipinski definition) is 1. The van der Waals surface area contributed by atoms with E-state index in [2.05, 4.69) is 32.9 Å². The van der Waals surface area contributed by atoms with Gasteiger partial charge in [-0.15, -0.1) is 0 Å². The first-order chi connectivity index (χ1) is 10.1. The minimum Gasteiger partial charge on any atom is -0.379 e. The van der Waals surface area contributed by atoms with E-state index in [1.165, 1.54) is 22.6 Å². The van der Waals surface area contributed by atoms with E-state index in [9.17, 15) is 9.18 Å². The summed E-state index contributed by atoms with van der Waals surface area (Å²) in [5, 5.41) is 3.16. The van der Waals surface area contributed by atoms with Crippen LogP contribution in [0, 0.1) is 9.39 Å². The summed E-state index contributed by atoms with van der Waals surface area (Å²) >= 11 is 2.06. The van der Waals surface area contributed by atoms with Crippen LogP contribution in [0.15, 0.2) is 53.5 Å². The van der Waals surface area contributed by atoms with Gasteiger partial charge in [0.1, 0.15) is 11.5 Å². The van der Waals surface area contributed by atoms with Crippen LogP contribution in [-0.4, -0.2) is 9.38 Å². The summed E-state index contributed by atoms with van der Waals surface area (Å²) in [6.45, 7) is 0.405. The second-order valence-electron chi connectivity index (χ2n) is 4.49. The van der Waals surface area contributed by atoms with Crippen LogP contribution in [0.3, 0.4) is 0 Å². The van der Waals surface area contributed by atoms with Crippen molar-refractivity contribution in [2.75, 3.05) is 5.32 Å². The molecule has 0 radical (unpaired) electrons. The third-order valence-electron chi connectivity index (χ3n) is 3.02. The van der Waals surface area contributed by atoms with E-state index in [1.54, 1.807) is 24.4 Å². The van der Waals surface area contributed by atoms with Crippen LogP contribution < -0.4 is 10.9 Å². The van der Waals surface area contributed by atoms with Gasteiger partial charge < -0.3 is 5.32 Å². The molecule has 3 rings (SSSR count). The van der Waals surface area contributed by atoms with Gasteiger partial charge in [0, 0.05) is 21.5 Å². The zero-order valence-electron chi connectivity index (χ0n) is 10.9. The maximum absolute atomic E-state index is 13.0. The molecule has 0 unspecified atom stereocenters. The Morgan fingerprint density at radius 2 is 2.10 bits per heavy atom. The molecule has 1 N–H and O–H groups in total. The Hall–Kier alpha value is -1.96. The zero-order chi connectivity index (χ0) is 14.8. The molecule has 0 spiro atoms. The molecular formula is C15H11FIN3O. The van der Waals surface area contributed by atoms with Crippen molar-refractivity contribution in [3.63, 3.8) is 0 Å². The average molecular weight is 395 g/mol. The molecule has 106 valence electrons. The quantitative estimate of drug-likeness (QED) is 0.694. The fourth-order valence-electron chi connectivity index (χ4n) is 2.01. The minimum atomic E-state index is -0.271. The van der Waals surface area contributed by atoms with Gasteiger partial charge in [-0.3, -0.25) is 9.20 Å². The number of halogens is 2. The van der Waals surface area contributed by atoms with Crippen LogP contribution >= 0.6 is 22.6 Å². The molecule has 0 saturated carbocycles. The topological polar surface area (TPSA) is 46.4 Å². The summed E-state index contributed by atoms with van der Waals surface area (Å²) in [5.41, 5.74) is 1.94. The molecule has 0 aliphatic rings. The van der Waals surface area contributed by atoms with Crippen molar-refractivity contribution in [1.82, 2.24) is 9.38 Å². The lowest BCUT2D eigenvalue weighted by atomic mass is 10.3. The fraction of sp³-hybridized carbons (Fsp3) is 0.0667. The fourth-order valence-corrected chi connectivity index (χ4v) is 2.68. The van der Waals surface area contributed by atoms with E-state index in [0.717, 1.165) is 9.26 Å². The first-order valence-electron chi connectivity index (χ1n) is 6.30. The van der Waals surface area contributed by atoms with Gasteiger partial charge in [0.15, 0.2) is 0 Å². The number of nitrogens with one attached hydrogen (secondary N) is 1. The maximum atomic E-state index is 13.0. The molecule has 6 heteroatoms. The summed E-state index contributed by atoms with van der Waals surface area (Å²) in [5.74, 6) is -0.271. The lowest BCUT2D eigenvalue weighted by Crippen LogP contribution is -2.16. The molecule has 1 aromatic carbocycles. The van der Waals surface area contributed by atoms with Gasteiger partial charge in [-0.1, -0.05) is 6.07 Å². The summed E-state index contributed by atoms with van der Waals surface area (Å²) in [7, 11) is 0. The Morgan fingerprint density at radius 3 is 2.90 bits per heavy atom. The first-order valence-corrected chi connectivity index (χ1v) is 7.37. The van der Waals surface area contributed by atoms with Crippen LogP contribution in [-0.2, 0) is 6.54 Å². The predicted molar refractivity (Wildman–Crippen MR) is 87.9 cm³/mol. The third kappa shape index (κ3) is 3.05. The number of aromatic nitrogens is 2. The summed E-state index contributed by atoms with van der Waals surface area (Å²) in [4.78, 5) is 16.4. The molecule has 0 aliphatic heterocycles. The molecule has 0 saturated heterocycles. The highest BCUT2D eigenvalue weighted by molar-refractivity contribution is 14.1. The van der Waals surface area contributed by atoms with Crippen molar-refractivity contribution < 1.29 is 4.39 Å². The average Bonchev–Trinajstić information content (AvgIpc) is 2.46. The summed E-state index contributed by atoms with van der Waals surface area (Å²) in [6, 6.07) is 11.4. The SMILES string of the molecule is O=c1cc(CNc2ccc(F)cc2I)nc2ccccn12. The number of anilines is 1. The van der Waals surface area contributed by atoms with Crippen LogP contribution in [0.25, 0.3) is 5.65 Å². The van der Waals surface area contributed by atoms with E-state index < -0.39 is 0 Å². The van der Waals surface area contributed by atoms with Crippen LogP contribution in [0.1, 0.15) is 5.69 Å². The Labute approximate surface area is 133 Å². The number of fused-ring (bicyclic) bond motifs is 1. The van der Waals surface area contributed by atoms with Gasteiger partial charge in [0.2, 0.25) is 0 Å². The number of pyridine rings is 1. The highest BCUT2D eigenvalue weighted by Crippen LogP contribution is 2.19. The standard InChI is InChI=1S/C15H11FIN3O/c16-10-4-5-13(12(17)7-10)18-9-11-8-15(21)20-6-2-1-3-14(20)19-11/h1-8,18H,9H2. The Balaban J connectivity index is 1.87. The highest BCUT2D eigenvalue weighted by atomic mass is 127. The van der Waals surface area contributed by atoms with E-state index in [1.807, 2.05) is 6.07 Å². The van der Waals surface area contributed by atoms with Crippen LogP contribution in [0.5, 0.6) is 0 Å². The molecular weight excluding hydrogens is 384 g/mol. The molecule has 21 heavy (non-hydrogen) atoms. The van der Waals surface area contributed by atoms with Gasteiger partial charge in [0.25, 0.3) is 5.56 Å². The van der Waals surface area contributed by atoms with Gasteiger partial charge >= 0.3 is 0 Å². The zero-order valence-corrected chi connectivity index (χ0v) is 13.0. The third-order valence-corrected chi connectivity index (χ3v) is 3.91. The highest BCUT2D eigenvalue weighted by Gasteiger charge is 2.04. The smallest absolute Gasteiger partial charge is 0.258 e. The van der Waals surface area contributed by atoms with Gasteiger partial charge in [-0.05, 0) is 52.9 Å². The van der Waals surface area contributed by atoms with E-state index in [0.29, 0.717) is 17.9 Å². The van der Waals surface area contributed by atoms with Crippen LogP contribution in [0.2, 0.25) is 0 Å². The molecule has 0 fully saturated rings. The Kier molecular flexibility index (Phi) is 3.87. The second-order valence-corrected chi connectivity index (χ2v) is 5.65. The van der Waals surface area contributed by atoms with Crippen molar-refractivity contribution in [2.45, 2.75) is 6.54 Å². The number of rotatable bonds is 3.